The van der Waals surface area contributed by atoms with E-state index in [2.05, 4.69) is 10.8 Å². The smallest absolute Gasteiger partial charge is 0.0994 e. The van der Waals surface area contributed by atoms with Crippen molar-refractivity contribution in [2.45, 2.75) is 6.92 Å². The molecule has 2 nitrogen and oxygen atoms in total. The van der Waals surface area contributed by atoms with Gasteiger partial charge in [-0.3, -0.25) is 0 Å². The quantitative estimate of drug-likeness (QED) is 0.587. The summed E-state index contributed by atoms with van der Waals surface area (Å²) in [7, 11) is 3.25. The first-order valence-corrected chi connectivity index (χ1v) is 3.62. The number of rotatable bonds is 0. The molecule has 0 aliphatic rings. The van der Waals surface area contributed by atoms with E-state index in [0.29, 0.717) is 0 Å². The fourth-order valence-corrected chi connectivity index (χ4v) is 0.698. The van der Waals surface area contributed by atoms with Gasteiger partial charge in [-0.1, -0.05) is 18.2 Å². The van der Waals surface area contributed by atoms with Crippen LogP contribution in [0.4, 0.5) is 0 Å². The number of ether oxygens (including phenoxy) is 1. The minimum absolute atomic E-state index is 0.762. The van der Waals surface area contributed by atoms with Crippen LogP contribution in [0, 0.1) is 18.3 Å². The molecule has 0 bridgehead atoms. The summed E-state index contributed by atoms with van der Waals surface area (Å²) in [5.74, 6) is 0. The van der Waals surface area contributed by atoms with Gasteiger partial charge in [-0.05, 0) is 18.6 Å². The van der Waals surface area contributed by atoms with E-state index in [0.717, 1.165) is 11.1 Å². The Kier molecular flexibility index (Phi) is 5.68. The lowest BCUT2D eigenvalue weighted by atomic mass is 10.1. The zero-order valence-corrected chi connectivity index (χ0v) is 7.66. The summed E-state index contributed by atoms with van der Waals surface area (Å²) in [6.07, 6.45) is 0. The zero-order valence-electron chi connectivity index (χ0n) is 7.66. The second-order valence-electron chi connectivity index (χ2n) is 2.33. The molecule has 0 aromatic heterocycles. The van der Waals surface area contributed by atoms with Crippen LogP contribution in [0.5, 0.6) is 0 Å². The molecule has 0 radical (unpaired) electrons. The van der Waals surface area contributed by atoms with Crippen LogP contribution in [-0.2, 0) is 4.74 Å². The fourth-order valence-electron chi connectivity index (χ4n) is 0.698. The van der Waals surface area contributed by atoms with Gasteiger partial charge in [0, 0.05) is 14.2 Å². The third kappa shape index (κ3) is 3.75. The summed E-state index contributed by atoms with van der Waals surface area (Å²) in [6.45, 7) is 1.93. The fraction of sp³-hybridized carbons (Fsp3) is 0.300. The monoisotopic (exact) mass is 163 g/mol. The van der Waals surface area contributed by atoms with E-state index < -0.39 is 0 Å². The van der Waals surface area contributed by atoms with Gasteiger partial charge in [0.2, 0.25) is 0 Å². The first-order chi connectivity index (χ1) is 5.76. The van der Waals surface area contributed by atoms with Crippen LogP contribution in [0.25, 0.3) is 0 Å². The second kappa shape index (κ2) is 6.38. The Labute approximate surface area is 73.4 Å². The second-order valence-corrected chi connectivity index (χ2v) is 2.33. The molecule has 0 spiro atoms. The number of nitriles is 1. The van der Waals surface area contributed by atoms with Gasteiger partial charge in [-0.2, -0.15) is 5.26 Å². The molecule has 0 heterocycles. The molecule has 1 aromatic rings. The summed E-state index contributed by atoms with van der Waals surface area (Å²) < 4.78 is 4.25. The van der Waals surface area contributed by atoms with Gasteiger partial charge >= 0.3 is 0 Å². The first kappa shape index (κ1) is 10.7. The molecule has 0 unspecified atom stereocenters. The van der Waals surface area contributed by atoms with Crippen LogP contribution in [-0.4, -0.2) is 14.2 Å². The average molecular weight is 163 g/mol. The van der Waals surface area contributed by atoms with Gasteiger partial charge < -0.3 is 4.74 Å². The highest BCUT2D eigenvalue weighted by atomic mass is 16.4. The van der Waals surface area contributed by atoms with E-state index in [4.69, 9.17) is 5.26 Å². The van der Waals surface area contributed by atoms with Crippen LogP contribution in [0.3, 0.4) is 0 Å². The van der Waals surface area contributed by atoms with Gasteiger partial charge in [0.1, 0.15) is 0 Å². The lowest BCUT2D eigenvalue weighted by Gasteiger charge is -1.90. The van der Waals surface area contributed by atoms with E-state index in [1.165, 1.54) is 0 Å². The molecule has 0 N–H and O–H groups in total. The van der Waals surface area contributed by atoms with Crippen LogP contribution in [0.1, 0.15) is 11.1 Å². The summed E-state index contributed by atoms with van der Waals surface area (Å²) in [4.78, 5) is 0. The highest BCUT2D eigenvalue weighted by Crippen LogP contribution is 2.03. The summed E-state index contributed by atoms with van der Waals surface area (Å²) in [5, 5.41) is 8.47. The zero-order chi connectivity index (χ0) is 9.40. The summed E-state index contributed by atoms with van der Waals surface area (Å²) in [5.41, 5.74) is 1.80. The largest absolute Gasteiger partial charge is 0.388 e. The van der Waals surface area contributed by atoms with Crippen molar-refractivity contribution in [3.05, 3.63) is 35.4 Å². The Morgan fingerprint density at radius 1 is 1.25 bits per heavy atom. The summed E-state index contributed by atoms with van der Waals surface area (Å²) >= 11 is 0. The Hall–Kier alpha value is -1.33. The maximum absolute atomic E-state index is 8.47. The van der Waals surface area contributed by atoms with E-state index in [9.17, 15) is 0 Å². The number of aryl methyl sites for hydroxylation is 1. The lowest BCUT2D eigenvalue weighted by Crippen LogP contribution is -1.77. The molecular formula is C10H13NO. The van der Waals surface area contributed by atoms with Crippen LogP contribution < -0.4 is 0 Å². The average Bonchev–Trinajstić information content (AvgIpc) is 2.07. The minimum atomic E-state index is 0.762. The van der Waals surface area contributed by atoms with Crippen LogP contribution >= 0.6 is 0 Å². The van der Waals surface area contributed by atoms with Gasteiger partial charge in [0.25, 0.3) is 0 Å². The van der Waals surface area contributed by atoms with Crippen LogP contribution in [0.2, 0.25) is 0 Å². The van der Waals surface area contributed by atoms with Crippen molar-refractivity contribution in [3.63, 3.8) is 0 Å². The highest BCUT2D eigenvalue weighted by Gasteiger charge is 1.89. The lowest BCUT2D eigenvalue weighted by molar-refractivity contribution is 0.277. The number of benzene rings is 1. The van der Waals surface area contributed by atoms with Gasteiger partial charge in [0.15, 0.2) is 0 Å². The molecule has 0 aliphatic carbocycles. The Balaban J connectivity index is 0.000000354. The third-order valence-corrected chi connectivity index (χ3v) is 1.27. The Morgan fingerprint density at radius 2 is 1.75 bits per heavy atom. The van der Waals surface area contributed by atoms with Crippen molar-refractivity contribution >= 4 is 0 Å². The first-order valence-electron chi connectivity index (χ1n) is 3.62. The van der Waals surface area contributed by atoms with E-state index in [1.54, 1.807) is 14.2 Å². The number of methoxy groups -OCH3 is 1. The Bertz CT molecular complexity index is 263. The molecule has 64 valence electrons. The molecule has 0 fully saturated rings. The number of nitrogens with zero attached hydrogens (tertiary/aromatic N) is 1. The molecule has 0 saturated carbocycles. The molecule has 0 amide bonds. The number of hydrogen-bond acceptors (Lipinski definition) is 2. The Morgan fingerprint density at radius 3 is 2.08 bits per heavy atom. The minimum Gasteiger partial charge on any atom is -0.388 e. The van der Waals surface area contributed by atoms with Gasteiger partial charge in [-0.15, -0.1) is 0 Å². The van der Waals surface area contributed by atoms with E-state index >= 15 is 0 Å². The van der Waals surface area contributed by atoms with Crippen molar-refractivity contribution in [3.8, 4) is 6.07 Å². The summed E-state index contributed by atoms with van der Waals surface area (Å²) in [6, 6.07) is 9.63. The standard InChI is InChI=1S/C8H7N.C2H6O/c1-7-4-2-3-5-8(7)6-9;1-3-2/h2-5H,1H3;1-2H3. The van der Waals surface area contributed by atoms with Crippen molar-refractivity contribution < 1.29 is 4.74 Å². The predicted octanol–water partition coefficient (Wildman–Crippen LogP) is 2.13. The number of hydrogen-bond donors (Lipinski definition) is 0. The predicted molar refractivity (Wildman–Crippen MR) is 48.8 cm³/mol. The highest BCUT2D eigenvalue weighted by molar-refractivity contribution is 5.35. The molecular weight excluding hydrogens is 150 g/mol. The SMILES string of the molecule is COC.Cc1ccccc1C#N. The molecule has 0 saturated heterocycles. The topological polar surface area (TPSA) is 33.0 Å². The molecule has 0 aliphatic heterocycles. The van der Waals surface area contributed by atoms with Crippen molar-refractivity contribution in [1.29, 1.82) is 5.26 Å². The van der Waals surface area contributed by atoms with E-state index in [-0.39, 0.29) is 0 Å². The molecule has 2 heteroatoms. The molecule has 1 aromatic carbocycles. The van der Waals surface area contributed by atoms with Crippen molar-refractivity contribution in [2.24, 2.45) is 0 Å². The van der Waals surface area contributed by atoms with Gasteiger partial charge in [-0.25, -0.2) is 0 Å². The third-order valence-electron chi connectivity index (χ3n) is 1.27. The molecule has 1 rings (SSSR count). The van der Waals surface area contributed by atoms with Crippen molar-refractivity contribution in [2.75, 3.05) is 14.2 Å². The van der Waals surface area contributed by atoms with Crippen LogP contribution in [0.15, 0.2) is 24.3 Å². The van der Waals surface area contributed by atoms with E-state index in [1.807, 2.05) is 31.2 Å². The van der Waals surface area contributed by atoms with Gasteiger partial charge in [0.05, 0.1) is 11.6 Å². The molecule has 12 heavy (non-hydrogen) atoms. The van der Waals surface area contributed by atoms with Crippen molar-refractivity contribution in [1.82, 2.24) is 0 Å². The maximum Gasteiger partial charge on any atom is 0.0994 e. The normalized spacial score (nSPS) is 7.83. The maximum atomic E-state index is 8.47. The molecule has 0 atom stereocenters.